The molecule has 24 heavy (non-hydrogen) atoms. The van der Waals surface area contributed by atoms with Gasteiger partial charge in [-0.25, -0.2) is 0 Å². The number of aliphatic hydroxyl groups is 1. The van der Waals surface area contributed by atoms with Gasteiger partial charge in [-0.3, -0.25) is 9.78 Å². The fourth-order valence-electron chi connectivity index (χ4n) is 2.92. The van der Waals surface area contributed by atoms with Crippen LogP contribution < -0.4 is 5.32 Å². The van der Waals surface area contributed by atoms with Crippen LogP contribution in [0.25, 0.3) is 10.9 Å². The highest BCUT2D eigenvalue weighted by atomic mass is 16.3. The van der Waals surface area contributed by atoms with Gasteiger partial charge in [0.05, 0.1) is 17.7 Å². The number of hydrogen-bond acceptors (Lipinski definition) is 3. The lowest BCUT2D eigenvalue weighted by molar-refractivity contribution is 0.102. The number of carbonyl (C=O) groups excluding carboxylic acids is 1. The number of benzene rings is 2. The third-order valence-electron chi connectivity index (χ3n) is 4.34. The van der Waals surface area contributed by atoms with Crippen LogP contribution in [0.2, 0.25) is 0 Å². The van der Waals surface area contributed by atoms with Gasteiger partial charge in [0, 0.05) is 22.7 Å². The van der Waals surface area contributed by atoms with Gasteiger partial charge in [0.1, 0.15) is 0 Å². The molecule has 0 radical (unpaired) electrons. The Morgan fingerprint density at radius 2 is 1.96 bits per heavy atom. The van der Waals surface area contributed by atoms with E-state index in [4.69, 9.17) is 4.98 Å². The maximum atomic E-state index is 12.8. The van der Waals surface area contributed by atoms with E-state index in [1.54, 1.807) is 6.07 Å². The summed E-state index contributed by atoms with van der Waals surface area (Å²) in [5, 5.41) is 13.0. The Morgan fingerprint density at radius 1 is 1.12 bits per heavy atom. The maximum absolute atomic E-state index is 12.8. The molecular weight excluding hydrogens is 300 g/mol. The molecule has 1 saturated carbocycles. The second kappa shape index (κ2) is 6.06. The molecule has 4 rings (SSSR count). The van der Waals surface area contributed by atoms with E-state index in [1.807, 2.05) is 48.5 Å². The Hall–Kier alpha value is -2.72. The molecule has 120 valence electrons. The Labute approximate surface area is 140 Å². The summed E-state index contributed by atoms with van der Waals surface area (Å²) in [5.41, 5.74) is 3.96. The van der Waals surface area contributed by atoms with E-state index in [1.165, 1.54) is 0 Å². The predicted molar refractivity (Wildman–Crippen MR) is 94.0 cm³/mol. The van der Waals surface area contributed by atoms with Crippen molar-refractivity contribution in [2.45, 2.75) is 25.4 Å². The largest absolute Gasteiger partial charge is 0.392 e. The van der Waals surface area contributed by atoms with Crippen molar-refractivity contribution in [1.29, 1.82) is 0 Å². The van der Waals surface area contributed by atoms with Crippen LogP contribution in [0.3, 0.4) is 0 Å². The molecule has 1 heterocycles. The number of aliphatic hydroxyl groups excluding tert-OH is 1. The van der Waals surface area contributed by atoms with Crippen LogP contribution in [-0.2, 0) is 6.61 Å². The number of fused-ring (bicyclic) bond motifs is 1. The lowest BCUT2D eigenvalue weighted by Crippen LogP contribution is -2.13. The molecule has 0 spiro atoms. The molecule has 1 amide bonds. The minimum atomic E-state index is -0.148. The van der Waals surface area contributed by atoms with Crippen LogP contribution >= 0.6 is 0 Å². The first kappa shape index (κ1) is 14.8. The molecule has 2 aromatic carbocycles. The van der Waals surface area contributed by atoms with Gasteiger partial charge >= 0.3 is 0 Å². The second-order valence-electron chi connectivity index (χ2n) is 6.20. The van der Waals surface area contributed by atoms with Gasteiger partial charge in [-0.05, 0) is 42.7 Å². The fraction of sp³-hybridized carbons (Fsp3) is 0.200. The molecule has 0 bridgehead atoms. The smallest absolute Gasteiger partial charge is 0.256 e. The number of aromatic nitrogens is 1. The molecule has 0 unspecified atom stereocenters. The lowest BCUT2D eigenvalue weighted by atomic mass is 10.1. The first-order chi connectivity index (χ1) is 11.7. The third kappa shape index (κ3) is 2.88. The van der Waals surface area contributed by atoms with E-state index in [2.05, 4.69) is 5.32 Å². The standard InChI is InChI=1S/C20H18N2O2/c23-12-13-4-3-5-15(10-13)21-20(24)17-11-19(14-8-9-14)22-18-7-2-1-6-16(17)18/h1-7,10-11,14,23H,8-9,12H2,(H,21,24). The number of rotatable bonds is 4. The van der Waals surface area contributed by atoms with Gasteiger partial charge in [-0.1, -0.05) is 30.3 Å². The molecule has 0 aliphatic heterocycles. The molecular formula is C20H18N2O2. The highest BCUT2D eigenvalue weighted by molar-refractivity contribution is 6.12. The van der Waals surface area contributed by atoms with Crippen LogP contribution in [0.15, 0.2) is 54.6 Å². The Bertz CT molecular complexity index is 916. The van der Waals surface area contributed by atoms with Gasteiger partial charge < -0.3 is 10.4 Å². The summed E-state index contributed by atoms with van der Waals surface area (Å²) in [4.78, 5) is 17.5. The van der Waals surface area contributed by atoms with Crippen LogP contribution in [-0.4, -0.2) is 16.0 Å². The molecule has 0 atom stereocenters. The van der Waals surface area contributed by atoms with Crippen molar-refractivity contribution < 1.29 is 9.90 Å². The molecule has 2 N–H and O–H groups in total. The van der Waals surface area contributed by atoms with E-state index < -0.39 is 0 Å². The van der Waals surface area contributed by atoms with Crippen molar-refractivity contribution in [1.82, 2.24) is 4.98 Å². The molecule has 4 nitrogen and oxygen atoms in total. The van der Waals surface area contributed by atoms with Gasteiger partial charge in [0.15, 0.2) is 0 Å². The number of carbonyl (C=O) groups is 1. The first-order valence-corrected chi connectivity index (χ1v) is 8.15. The molecule has 4 heteroatoms. The number of para-hydroxylation sites is 1. The van der Waals surface area contributed by atoms with Crippen LogP contribution in [0.1, 0.15) is 40.4 Å². The minimum absolute atomic E-state index is 0.0479. The Kier molecular flexibility index (Phi) is 3.75. The first-order valence-electron chi connectivity index (χ1n) is 8.15. The average Bonchev–Trinajstić information content (AvgIpc) is 3.46. The highest BCUT2D eigenvalue weighted by Gasteiger charge is 2.26. The van der Waals surface area contributed by atoms with Gasteiger partial charge in [0.2, 0.25) is 0 Å². The highest BCUT2D eigenvalue weighted by Crippen LogP contribution is 2.40. The Morgan fingerprint density at radius 3 is 2.75 bits per heavy atom. The topological polar surface area (TPSA) is 62.2 Å². The van der Waals surface area contributed by atoms with Gasteiger partial charge in [-0.2, -0.15) is 0 Å². The summed E-state index contributed by atoms with van der Waals surface area (Å²) in [6.45, 7) is -0.0479. The van der Waals surface area contributed by atoms with Crippen molar-refractivity contribution in [2.24, 2.45) is 0 Å². The zero-order valence-corrected chi connectivity index (χ0v) is 13.2. The van der Waals surface area contributed by atoms with Gasteiger partial charge in [-0.15, -0.1) is 0 Å². The van der Waals surface area contributed by atoms with E-state index in [0.29, 0.717) is 17.2 Å². The zero-order valence-electron chi connectivity index (χ0n) is 13.2. The Balaban J connectivity index is 1.72. The number of nitrogens with one attached hydrogen (secondary N) is 1. The molecule has 3 aromatic rings. The summed E-state index contributed by atoms with van der Waals surface area (Å²) < 4.78 is 0. The number of hydrogen-bond donors (Lipinski definition) is 2. The van der Waals surface area contributed by atoms with E-state index in [-0.39, 0.29) is 12.5 Å². The lowest BCUT2D eigenvalue weighted by Gasteiger charge is -2.11. The second-order valence-corrected chi connectivity index (χ2v) is 6.20. The minimum Gasteiger partial charge on any atom is -0.392 e. The number of anilines is 1. The van der Waals surface area contributed by atoms with Crippen molar-refractivity contribution in [3.05, 3.63) is 71.4 Å². The molecule has 1 aliphatic carbocycles. The van der Waals surface area contributed by atoms with Crippen molar-refractivity contribution >= 4 is 22.5 Å². The van der Waals surface area contributed by atoms with E-state index in [9.17, 15) is 9.90 Å². The maximum Gasteiger partial charge on any atom is 0.256 e. The number of nitrogens with zero attached hydrogens (tertiary/aromatic N) is 1. The monoisotopic (exact) mass is 318 g/mol. The molecule has 0 saturated heterocycles. The number of amides is 1. The summed E-state index contributed by atoms with van der Waals surface area (Å²) in [7, 11) is 0. The molecule has 1 aliphatic rings. The van der Waals surface area contributed by atoms with Crippen molar-refractivity contribution in [2.75, 3.05) is 5.32 Å². The third-order valence-corrected chi connectivity index (χ3v) is 4.34. The molecule has 1 aromatic heterocycles. The van der Waals surface area contributed by atoms with E-state index in [0.717, 1.165) is 35.0 Å². The summed E-state index contributed by atoms with van der Waals surface area (Å²) in [5.74, 6) is 0.337. The predicted octanol–water partition coefficient (Wildman–Crippen LogP) is 3.86. The SMILES string of the molecule is O=C(Nc1cccc(CO)c1)c1cc(C2CC2)nc2ccccc12. The number of pyridine rings is 1. The normalized spacial score (nSPS) is 13.9. The van der Waals surface area contributed by atoms with Crippen LogP contribution in [0.5, 0.6) is 0 Å². The summed E-state index contributed by atoms with van der Waals surface area (Å²) >= 11 is 0. The van der Waals surface area contributed by atoms with E-state index >= 15 is 0 Å². The average molecular weight is 318 g/mol. The summed E-state index contributed by atoms with van der Waals surface area (Å²) in [6, 6.07) is 16.9. The zero-order chi connectivity index (χ0) is 16.5. The van der Waals surface area contributed by atoms with Crippen LogP contribution in [0, 0.1) is 0 Å². The molecule has 1 fully saturated rings. The quantitative estimate of drug-likeness (QED) is 0.768. The van der Waals surface area contributed by atoms with Gasteiger partial charge in [0.25, 0.3) is 5.91 Å². The fourth-order valence-corrected chi connectivity index (χ4v) is 2.92. The summed E-state index contributed by atoms with van der Waals surface area (Å²) in [6.07, 6.45) is 2.29. The van der Waals surface area contributed by atoms with Crippen LogP contribution in [0.4, 0.5) is 5.69 Å². The van der Waals surface area contributed by atoms with Crippen molar-refractivity contribution in [3.63, 3.8) is 0 Å². The van der Waals surface area contributed by atoms with Crippen molar-refractivity contribution in [3.8, 4) is 0 Å².